The number of fused-ring (bicyclic) bond motifs is 2. The molecule has 2 aliphatic heterocycles. The summed E-state index contributed by atoms with van der Waals surface area (Å²) in [7, 11) is 0. The number of hydrogen-bond donors (Lipinski definition) is 1. The maximum Gasteiger partial charge on any atom is 0.275 e. The smallest absolute Gasteiger partial charge is 0.275 e. The number of carbonyl (C=O) groups excluding carboxylic acids is 2. The number of aromatic hydroxyl groups is 1. The van der Waals surface area contributed by atoms with Crippen molar-refractivity contribution in [3.8, 4) is 5.75 Å². The fourth-order valence-electron chi connectivity index (χ4n) is 5.03. The van der Waals surface area contributed by atoms with Crippen molar-refractivity contribution in [2.24, 2.45) is 11.8 Å². The molecule has 1 N–H and O–H groups in total. The van der Waals surface area contributed by atoms with Crippen molar-refractivity contribution in [3.63, 3.8) is 0 Å². The van der Waals surface area contributed by atoms with Crippen LogP contribution >= 0.6 is 0 Å². The SMILES string of the molecule is CC(C)CN1CC[C@@H](C)CN2C(=O)c3c(O)c(=O)c(C(=O)CCc4ccc(F)cc4F)cn3CC12. The number of pyridine rings is 1. The van der Waals surface area contributed by atoms with Gasteiger partial charge in [0.1, 0.15) is 17.8 Å². The molecule has 0 radical (unpaired) electrons. The zero-order valence-electron chi connectivity index (χ0n) is 20.3. The molecule has 7 nitrogen and oxygen atoms in total. The van der Waals surface area contributed by atoms with Gasteiger partial charge < -0.3 is 14.6 Å². The number of rotatable bonds is 6. The fraction of sp³-hybridized carbons (Fsp3) is 0.500. The lowest BCUT2D eigenvalue weighted by atomic mass is 10.0. The van der Waals surface area contributed by atoms with Gasteiger partial charge >= 0.3 is 0 Å². The summed E-state index contributed by atoms with van der Waals surface area (Å²) >= 11 is 0. The van der Waals surface area contributed by atoms with Gasteiger partial charge in [0.15, 0.2) is 17.2 Å². The van der Waals surface area contributed by atoms with Gasteiger partial charge in [-0.15, -0.1) is 0 Å². The summed E-state index contributed by atoms with van der Waals surface area (Å²) < 4.78 is 28.6. The first-order valence-corrected chi connectivity index (χ1v) is 12.0. The van der Waals surface area contributed by atoms with Crippen LogP contribution in [0.15, 0.2) is 29.2 Å². The summed E-state index contributed by atoms with van der Waals surface area (Å²) in [5.41, 5.74) is -1.10. The maximum absolute atomic E-state index is 14.0. The van der Waals surface area contributed by atoms with E-state index in [0.717, 1.165) is 31.6 Å². The molecule has 1 amide bonds. The van der Waals surface area contributed by atoms with Crippen molar-refractivity contribution in [1.29, 1.82) is 0 Å². The lowest BCUT2D eigenvalue weighted by Crippen LogP contribution is -2.57. The summed E-state index contributed by atoms with van der Waals surface area (Å²) in [6.45, 7) is 8.76. The highest BCUT2D eigenvalue weighted by molar-refractivity contribution is 6.00. The molecule has 2 aliphatic rings. The van der Waals surface area contributed by atoms with Crippen LogP contribution in [0.4, 0.5) is 8.78 Å². The minimum Gasteiger partial charge on any atom is -0.503 e. The van der Waals surface area contributed by atoms with Crippen LogP contribution in [0.5, 0.6) is 5.75 Å². The molecule has 1 fully saturated rings. The number of nitrogens with zero attached hydrogens (tertiary/aromatic N) is 3. The Bertz CT molecular complexity index is 1210. The monoisotopic (exact) mass is 487 g/mol. The molecule has 4 rings (SSSR count). The quantitative estimate of drug-likeness (QED) is 0.632. The van der Waals surface area contributed by atoms with Gasteiger partial charge in [0.2, 0.25) is 5.43 Å². The summed E-state index contributed by atoms with van der Waals surface area (Å²) in [4.78, 5) is 43.2. The molecule has 2 aromatic rings. The number of carbonyl (C=O) groups is 2. The molecular weight excluding hydrogens is 456 g/mol. The number of aromatic nitrogens is 1. The molecule has 0 aliphatic carbocycles. The second-order valence-corrected chi connectivity index (χ2v) is 10.1. The highest BCUT2D eigenvalue weighted by Gasteiger charge is 2.40. The summed E-state index contributed by atoms with van der Waals surface area (Å²) in [5, 5.41) is 10.7. The van der Waals surface area contributed by atoms with Crippen molar-refractivity contribution in [2.45, 2.75) is 52.7 Å². The average molecular weight is 488 g/mol. The number of hydrogen-bond acceptors (Lipinski definition) is 5. The Morgan fingerprint density at radius 3 is 2.63 bits per heavy atom. The number of Topliss-reactive ketones (excluding diaryl/α,β-unsaturated/α-hetero) is 1. The van der Waals surface area contributed by atoms with E-state index in [-0.39, 0.29) is 41.7 Å². The number of amides is 1. The standard InChI is InChI=1S/C26H31F2N3O4/c1-15(2)11-29-9-8-16(3)12-31-22(29)14-30-13-19(24(33)25(34)23(30)26(31)35)21(32)7-5-17-4-6-18(27)10-20(17)28/h4,6,10,13,15-16,22,34H,5,7-9,11-12,14H2,1-3H3/t16-,22?/m1/s1. The van der Waals surface area contributed by atoms with E-state index in [1.165, 1.54) is 16.8 Å². The van der Waals surface area contributed by atoms with Gasteiger partial charge in [0.05, 0.1) is 12.1 Å². The number of halogens is 2. The molecule has 188 valence electrons. The van der Waals surface area contributed by atoms with Crippen molar-refractivity contribution < 1.29 is 23.5 Å². The largest absolute Gasteiger partial charge is 0.503 e. The van der Waals surface area contributed by atoms with Gasteiger partial charge in [-0.1, -0.05) is 26.8 Å². The van der Waals surface area contributed by atoms with Crippen molar-refractivity contribution in [1.82, 2.24) is 14.4 Å². The third-order valence-corrected chi connectivity index (χ3v) is 6.81. The number of ketones is 1. The van der Waals surface area contributed by atoms with Crippen molar-refractivity contribution in [3.05, 3.63) is 63.1 Å². The maximum atomic E-state index is 14.0. The highest BCUT2D eigenvalue weighted by Crippen LogP contribution is 2.29. The van der Waals surface area contributed by atoms with Crippen LogP contribution in [0.2, 0.25) is 0 Å². The fourth-order valence-corrected chi connectivity index (χ4v) is 5.03. The normalized spacial score (nSPS) is 20.5. The first-order valence-electron chi connectivity index (χ1n) is 12.0. The topological polar surface area (TPSA) is 82.8 Å². The Morgan fingerprint density at radius 1 is 1.20 bits per heavy atom. The van der Waals surface area contributed by atoms with Crippen LogP contribution in [0.1, 0.15) is 60.0 Å². The molecule has 0 spiro atoms. The number of aryl methyl sites for hydroxylation is 1. The summed E-state index contributed by atoms with van der Waals surface area (Å²) in [6, 6.07) is 3.11. The molecule has 2 atom stereocenters. The Hall–Kier alpha value is -3.07. The zero-order valence-corrected chi connectivity index (χ0v) is 20.3. The second-order valence-electron chi connectivity index (χ2n) is 10.1. The van der Waals surface area contributed by atoms with Crippen LogP contribution in [-0.4, -0.2) is 57.0 Å². The first-order chi connectivity index (χ1) is 16.6. The molecule has 1 aromatic heterocycles. The van der Waals surface area contributed by atoms with Crippen LogP contribution in [0.25, 0.3) is 0 Å². The van der Waals surface area contributed by atoms with E-state index in [1.807, 2.05) is 0 Å². The van der Waals surface area contributed by atoms with E-state index < -0.39 is 34.5 Å². The van der Waals surface area contributed by atoms with Gasteiger partial charge in [0, 0.05) is 38.3 Å². The Kier molecular flexibility index (Phi) is 7.07. The van der Waals surface area contributed by atoms with E-state index in [2.05, 4.69) is 25.7 Å². The molecule has 0 bridgehead atoms. The zero-order chi connectivity index (χ0) is 25.4. The van der Waals surface area contributed by atoms with Crippen molar-refractivity contribution in [2.75, 3.05) is 19.6 Å². The summed E-state index contributed by atoms with van der Waals surface area (Å²) in [5.74, 6) is -2.56. The molecule has 3 heterocycles. The lowest BCUT2D eigenvalue weighted by Gasteiger charge is -2.42. The highest BCUT2D eigenvalue weighted by atomic mass is 19.1. The predicted octanol–water partition coefficient (Wildman–Crippen LogP) is 3.43. The van der Waals surface area contributed by atoms with E-state index in [1.54, 1.807) is 4.90 Å². The van der Waals surface area contributed by atoms with E-state index >= 15 is 0 Å². The molecule has 0 saturated carbocycles. The van der Waals surface area contributed by atoms with Crippen molar-refractivity contribution >= 4 is 11.7 Å². The first kappa shape index (κ1) is 25.0. The molecule has 1 saturated heterocycles. The molecule has 35 heavy (non-hydrogen) atoms. The third-order valence-electron chi connectivity index (χ3n) is 6.81. The molecule has 1 aromatic carbocycles. The van der Waals surface area contributed by atoms with Gasteiger partial charge in [-0.25, -0.2) is 8.78 Å². The van der Waals surface area contributed by atoms with E-state index in [0.29, 0.717) is 19.0 Å². The van der Waals surface area contributed by atoms with E-state index in [9.17, 15) is 28.3 Å². The van der Waals surface area contributed by atoms with Crippen LogP contribution in [-0.2, 0) is 13.0 Å². The average Bonchev–Trinajstić information content (AvgIpc) is 2.94. The third kappa shape index (κ3) is 5.00. The lowest BCUT2D eigenvalue weighted by molar-refractivity contribution is 0.0169. The predicted molar refractivity (Wildman–Crippen MR) is 126 cm³/mol. The van der Waals surface area contributed by atoms with Crippen LogP contribution < -0.4 is 5.43 Å². The minimum absolute atomic E-state index is 0.0255. The Morgan fingerprint density at radius 2 is 1.94 bits per heavy atom. The Balaban J connectivity index is 1.65. The Labute approximate surface area is 203 Å². The molecule has 1 unspecified atom stereocenters. The minimum atomic E-state index is -0.908. The van der Waals surface area contributed by atoms with E-state index in [4.69, 9.17) is 0 Å². The van der Waals surface area contributed by atoms with Crippen LogP contribution in [0.3, 0.4) is 0 Å². The summed E-state index contributed by atoms with van der Waals surface area (Å²) in [6.07, 6.45) is 1.80. The molecular formula is C26H31F2N3O4. The number of benzene rings is 1. The molecule has 9 heteroatoms. The van der Waals surface area contributed by atoms with Gasteiger partial charge in [-0.05, 0) is 36.3 Å². The van der Waals surface area contributed by atoms with Gasteiger partial charge in [0.25, 0.3) is 5.91 Å². The second kappa shape index (κ2) is 9.89. The van der Waals surface area contributed by atoms with Gasteiger partial charge in [-0.2, -0.15) is 0 Å². The van der Waals surface area contributed by atoms with Gasteiger partial charge in [-0.3, -0.25) is 19.3 Å². The van der Waals surface area contributed by atoms with Crippen LogP contribution in [0, 0.1) is 23.5 Å².